The van der Waals surface area contributed by atoms with Gasteiger partial charge in [-0.2, -0.15) is 6.07 Å². The Kier molecular flexibility index (Phi) is 12.1. The van der Waals surface area contributed by atoms with Gasteiger partial charge in [0.2, 0.25) is 0 Å². The Bertz CT molecular complexity index is 2900. The normalized spacial score (nSPS) is 12.1. The molecule has 0 aliphatic heterocycles. The summed E-state index contributed by atoms with van der Waals surface area (Å²) in [7, 11) is 4.55. The van der Waals surface area contributed by atoms with Gasteiger partial charge in [0.15, 0.2) is 0 Å². The number of aryl methyl sites for hydroxylation is 2. The number of aromatic nitrogens is 3. The zero-order valence-electron chi connectivity index (χ0n) is 37.8. The molecule has 8 aromatic rings. The first kappa shape index (κ1) is 44.3. The summed E-state index contributed by atoms with van der Waals surface area (Å²) < 4.78 is 8.99. The maximum atomic E-state index is 6.76. The molecule has 0 amide bonds. The number of benzene rings is 5. The number of ether oxygens (including phenoxy) is 1. The molecule has 62 heavy (non-hydrogen) atoms. The van der Waals surface area contributed by atoms with E-state index >= 15 is 0 Å². The van der Waals surface area contributed by atoms with E-state index in [-0.39, 0.29) is 37.3 Å². The predicted molar refractivity (Wildman–Crippen MR) is 255 cm³/mol. The molecule has 0 unspecified atom stereocenters. The monoisotopic (exact) mass is 997 g/mol. The van der Waals surface area contributed by atoms with E-state index in [2.05, 4.69) is 201 Å². The largest absolute Gasteiger partial charge is 0.514 e. The van der Waals surface area contributed by atoms with Crippen molar-refractivity contribution < 1.29 is 25.8 Å². The Balaban J connectivity index is 0.00000578. The van der Waals surface area contributed by atoms with Gasteiger partial charge in [0, 0.05) is 56.2 Å². The smallest absolute Gasteiger partial charge is 0.135 e. The summed E-state index contributed by atoms with van der Waals surface area (Å²) in [5.74, 6) is 1.99. The number of fused-ring (bicyclic) bond motifs is 3. The minimum atomic E-state index is -0.193. The summed E-state index contributed by atoms with van der Waals surface area (Å²) in [6.45, 7) is 24.4. The SMILES string of the molecule is [CH2-]N(c1[c-]c(Oc2[c-]c3c(cc2)c2ccc(C(C)(C)C)cc2n3-c2cc(C(C)(C)C)ccn2)cc(C(C)(C)C)c1)c1cnccc1Nc1cccc(-c2c(C)cccc2C)c1.[Pt]. The van der Waals surface area contributed by atoms with Crippen LogP contribution in [0.1, 0.15) is 90.1 Å². The summed E-state index contributed by atoms with van der Waals surface area (Å²) >= 11 is 0. The fourth-order valence-electron chi connectivity index (χ4n) is 7.99. The Morgan fingerprint density at radius 1 is 0.661 bits per heavy atom. The van der Waals surface area contributed by atoms with Crippen molar-refractivity contribution in [2.75, 3.05) is 10.2 Å². The van der Waals surface area contributed by atoms with Crippen LogP contribution in [0, 0.1) is 33.0 Å². The Labute approximate surface area is 382 Å². The van der Waals surface area contributed by atoms with E-state index < -0.39 is 0 Å². The fraction of sp³-hybridized carbons (Fsp3) is 0.255. The van der Waals surface area contributed by atoms with Crippen molar-refractivity contribution in [3.8, 4) is 28.4 Å². The van der Waals surface area contributed by atoms with Gasteiger partial charge in [-0.05, 0) is 105 Å². The third-order valence-electron chi connectivity index (χ3n) is 11.6. The van der Waals surface area contributed by atoms with E-state index in [0.717, 1.165) is 61.5 Å². The standard InChI is InChI=1S/C55H56N5O.Pt/c1-35-15-13-16-36(2)52(35)37-17-14-18-41(27-37)58-47-24-25-56-34-50(47)59(12)42-28-40(55(9,10)11)29-44(32-42)61-43-20-22-46-45-21-19-38(53(3,4)5)30-48(45)60(49(46)33-43)51-31-39(23-26-57-51)54(6,7)8;/h13-31,34H,12H2,1-11H3,(H,56,58);/q-3;. The molecule has 0 saturated heterocycles. The first-order valence-corrected chi connectivity index (χ1v) is 21.1. The van der Waals surface area contributed by atoms with E-state index in [9.17, 15) is 0 Å². The van der Waals surface area contributed by atoms with E-state index in [1.165, 1.54) is 27.8 Å². The number of rotatable bonds is 8. The minimum absolute atomic E-state index is 0. The van der Waals surface area contributed by atoms with Gasteiger partial charge >= 0.3 is 0 Å². The van der Waals surface area contributed by atoms with Gasteiger partial charge in [-0.3, -0.25) is 12.0 Å². The van der Waals surface area contributed by atoms with Crippen molar-refractivity contribution in [3.63, 3.8) is 0 Å². The number of hydrogen-bond acceptors (Lipinski definition) is 5. The van der Waals surface area contributed by atoms with Crippen molar-refractivity contribution >= 4 is 44.6 Å². The van der Waals surface area contributed by atoms with Gasteiger partial charge in [0.05, 0.1) is 17.6 Å². The number of nitrogens with one attached hydrogen (secondary N) is 1. The molecule has 3 aromatic heterocycles. The molecular formula is C55H56N5OPt-3. The summed E-state index contributed by atoms with van der Waals surface area (Å²) in [5, 5.41) is 5.89. The Morgan fingerprint density at radius 2 is 1.34 bits per heavy atom. The van der Waals surface area contributed by atoms with E-state index in [4.69, 9.17) is 9.72 Å². The molecule has 8 rings (SSSR count). The Morgan fingerprint density at radius 3 is 2.05 bits per heavy atom. The molecule has 0 fully saturated rings. The van der Waals surface area contributed by atoms with E-state index in [1.807, 2.05) is 29.4 Å². The quantitative estimate of drug-likeness (QED) is 0.154. The average molecular weight is 998 g/mol. The zero-order valence-corrected chi connectivity index (χ0v) is 40.0. The number of hydrogen-bond donors (Lipinski definition) is 1. The second-order valence-electron chi connectivity index (χ2n) is 19.3. The molecule has 6 nitrogen and oxygen atoms in total. The van der Waals surface area contributed by atoms with Crippen LogP contribution >= 0.6 is 0 Å². The predicted octanol–water partition coefficient (Wildman–Crippen LogP) is 14.8. The first-order valence-electron chi connectivity index (χ1n) is 21.1. The van der Waals surface area contributed by atoms with Crippen molar-refractivity contribution in [3.05, 3.63) is 169 Å². The minimum Gasteiger partial charge on any atom is -0.514 e. The third kappa shape index (κ3) is 8.94. The van der Waals surface area contributed by atoms with Crippen molar-refractivity contribution in [1.29, 1.82) is 0 Å². The molecule has 0 radical (unpaired) electrons. The van der Waals surface area contributed by atoms with Crippen LogP contribution in [-0.2, 0) is 37.3 Å². The van der Waals surface area contributed by atoms with Crippen molar-refractivity contribution in [1.82, 2.24) is 14.5 Å². The second-order valence-corrected chi connectivity index (χ2v) is 19.3. The van der Waals surface area contributed by atoms with Crippen molar-refractivity contribution in [2.24, 2.45) is 0 Å². The summed E-state index contributed by atoms with van der Waals surface area (Å²) in [4.78, 5) is 11.3. The van der Waals surface area contributed by atoms with Gasteiger partial charge in [-0.1, -0.05) is 110 Å². The zero-order chi connectivity index (χ0) is 43.4. The number of pyridine rings is 2. The summed E-state index contributed by atoms with van der Waals surface area (Å²) in [6.07, 6.45) is 5.54. The van der Waals surface area contributed by atoms with Gasteiger partial charge in [0.1, 0.15) is 5.82 Å². The molecule has 0 aliphatic carbocycles. The van der Waals surface area contributed by atoms with Gasteiger partial charge < -0.3 is 19.5 Å². The maximum absolute atomic E-state index is 6.76. The second kappa shape index (κ2) is 16.9. The van der Waals surface area contributed by atoms with Crippen molar-refractivity contribution in [2.45, 2.75) is 92.4 Å². The van der Waals surface area contributed by atoms with Crippen LogP contribution < -0.4 is 15.0 Å². The van der Waals surface area contributed by atoms with Crippen LogP contribution in [0.5, 0.6) is 11.5 Å². The van der Waals surface area contributed by atoms with Gasteiger partial charge in [-0.15, -0.1) is 47.0 Å². The Hall–Kier alpha value is -5.71. The van der Waals surface area contributed by atoms with Crippen LogP contribution in [0.2, 0.25) is 0 Å². The molecule has 7 heteroatoms. The number of nitrogens with zero attached hydrogens (tertiary/aromatic N) is 4. The van der Waals surface area contributed by atoms with Crippen LogP contribution in [0.3, 0.4) is 0 Å². The molecule has 5 aromatic carbocycles. The maximum Gasteiger partial charge on any atom is 0.135 e. The van der Waals surface area contributed by atoms with E-state index in [0.29, 0.717) is 11.5 Å². The third-order valence-corrected chi connectivity index (χ3v) is 11.6. The summed E-state index contributed by atoms with van der Waals surface area (Å²) in [6, 6.07) is 43.6. The molecule has 0 aliphatic rings. The van der Waals surface area contributed by atoms with Gasteiger partial charge in [-0.25, -0.2) is 4.98 Å². The molecule has 320 valence electrons. The molecule has 0 saturated carbocycles. The molecule has 0 bridgehead atoms. The molecule has 3 heterocycles. The van der Waals surface area contributed by atoms with Crippen LogP contribution in [0.4, 0.5) is 22.7 Å². The fourth-order valence-corrected chi connectivity index (χ4v) is 7.99. The molecular weight excluding hydrogens is 942 g/mol. The van der Waals surface area contributed by atoms with Gasteiger partial charge in [0.25, 0.3) is 0 Å². The summed E-state index contributed by atoms with van der Waals surface area (Å²) in [5.41, 5.74) is 13.5. The molecule has 1 N–H and O–H groups in total. The molecule has 0 spiro atoms. The molecule has 0 atom stereocenters. The van der Waals surface area contributed by atoms with Crippen LogP contribution in [-0.4, -0.2) is 14.5 Å². The van der Waals surface area contributed by atoms with Crippen LogP contribution in [0.15, 0.2) is 122 Å². The average Bonchev–Trinajstić information content (AvgIpc) is 3.53. The van der Waals surface area contributed by atoms with E-state index in [1.54, 1.807) is 6.20 Å². The first-order chi connectivity index (χ1) is 28.8. The van der Waals surface area contributed by atoms with Crippen LogP contribution in [0.25, 0.3) is 38.8 Å². The topological polar surface area (TPSA) is 55.2 Å². The number of anilines is 4.